The number of fused-ring (bicyclic) bond motifs is 28. The average Bonchev–Trinajstić information content (AvgIpc) is 1.74. The van der Waals surface area contributed by atoms with E-state index in [1.165, 1.54) is 182 Å². The molecule has 0 aliphatic carbocycles. The Morgan fingerprint density at radius 1 is 0.217 bits per heavy atom. The number of benzene rings is 16. The average molecular weight is 1610 g/mol. The Kier molecular flexibility index (Phi) is 17.7. The van der Waals surface area contributed by atoms with Crippen molar-refractivity contribution in [1.82, 2.24) is 18.3 Å². The lowest BCUT2D eigenvalue weighted by Gasteiger charge is -2.21. The van der Waals surface area contributed by atoms with E-state index in [2.05, 4.69) is 429 Å². The molecule has 0 radical (unpaired) electrons. The van der Waals surface area contributed by atoms with Crippen LogP contribution in [0.15, 0.2) is 344 Å². The van der Waals surface area contributed by atoms with E-state index in [1.54, 1.807) is 0 Å². The Morgan fingerprint density at radius 3 is 1.14 bits per heavy atom. The minimum Gasteiger partial charge on any atom is -0.454 e. The van der Waals surface area contributed by atoms with Crippen molar-refractivity contribution in [3.63, 3.8) is 0 Å². The molecule has 0 atom stereocenters. The SMILES string of the molecule is CC(C)(C)c1cc2c3ccccc3sc2c2c1c1ccccc1n2-c1ccccc1.CC(C)(C)c1ccc(-n2c3ccccc3c3ccc4c5ccccc5oc4c32)cc1.CC(C)(C)c1ccc2c(c1)c1ccc3c4ccccc4sc3c1n2-c1ccccc1.CC(C)(C)c1cccc2c1sc1c2ccc2c3ccccc3n(-c3ccccc3)c21. The van der Waals surface area contributed by atoms with Crippen molar-refractivity contribution in [2.45, 2.75) is 105 Å². The van der Waals surface area contributed by atoms with Crippen molar-refractivity contribution in [2.75, 3.05) is 0 Å². The first kappa shape index (κ1) is 74.7. The molecule has 0 spiro atoms. The predicted molar refractivity (Wildman–Crippen MR) is 524 cm³/mol. The van der Waals surface area contributed by atoms with Crippen LogP contribution in [0.1, 0.15) is 105 Å². The normalized spacial score (nSPS) is 12.5. The summed E-state index contributed by atoms with van der Waals surface area (Å²) in [6, 6.07) is 123. The molecule has 24 aromatic rings. The quantitative estimate of drug-likeness (QED) is 0.173. The molecule has 120 heavy (non-hydrogen) atoms. The molecule has 8 heterocycles. The summed E-state index contributed by atoms with van der Waals surface area (Å²) >= 11 is 5.77. The van der Waals surface area contributed by atoms with Crippen LogP contribution in [0, 0.1) is 0 Å². The smallest absolute Gasteiger partial charge is 0.160 e. The number of thiophene rings is 3. The first-order valence-corrected chi connectivity index (χ1v) is 44.3. The molecule has 8 aromatic heterocycles. The van der Waals surface area contributed by atoms with Gasteiger partial charge in [0.15, 0.2) is 5.58 Å². The molecule has 0 saturated carbocycles. The molecule has 0 unspecified atom stereocenters. The van der Waals surface area contributed by atoms with Crippen molar-refractivity contribution < 1.29 is 4.42 Å². The molecule has 0 N–H and O–H groups in total. The van der Waals surface area contributed by atoms with Gasteiger partial charge in [-0.05, 0) is 153 Å². The summed E-state index contributed by atoms with van der Waals surface area (Å²) in [4.78, 5) is 0. The van der Waals surface area contributed by atoms with Crippen LogP contribution < -0.4 is 0 Å². The molecule has 24 rings (SSSR count). The maximum absolute atomic E-state index is 6.41. The Balaban J connectivity index is 0.0000000990. The van der Waals surface area contributed by atoms with Crippen LogP contribution in [0.3, 0.4) is 0 Å². The summed E-state index contributed by atoms with van der Waals surface area (Å²) in [7, 11) is 0. The standard InChI is InChI=1S/C28H23NO.3C28H23NS/c1-28(2,3)18-12-14-19(15-13-18)29-24-10-6-4-8-20(24)22-16-17-23-21-9-5-7-11-25(21)30-27(23)26(22)29;1-28(2,3)22-17-21-19-13-8-10-16-24(19)30-27(21)26-25(22)20-14-7-9-15-23(20)29(26)18-11-5-4-6-12-18;1-28(2,3)23-14-9-13-21-22-17-16-20-19-12-7-8-15-24(19)29(18-10-5-4-6-11-18)25(20)27(22)30-26(21)23;1-28(2,3)18-13-16-24-23(17-18)21-14-15-22-20-11-7-8-12-25(20)30-27(22)26(21)29(24)19-9-5-4-6-10-19/h4*4-17H,1-3H3. The minimum absolute atomic E-state index is 0.0428. The topological polar surface area (TPSA) is 32.9 Å². The number of aromatic nitrogens is 4. The van der Waals surface area contributed by atoms with E-state index < -0.39 is 0 Å². The van der Waals surface area contributed by atoms with Gasteiger partial charge in [0, 0.05) is 123 Å². The first-order chi connectivity index (χ1) is 58.1. The van der Waals surface area contributed by atoms with Gasteiger partial charge in [-0.2, -0.15) is 0 Å². The van der Waals surface area contributed by atoms with Crippen LogP contribution in [0.5, 0.6) is 0 Å². The Morgan fingerprint density at radius 2 is 0.592 bits per heavy atom. The van der Waals surface area contributed by atoms with E-state index in [1.807, 2.05) is 46.1 Å². The number of rotatable bonds is 4. The molecule has 584 valence electrons. The third-order valence-corrected chi connectivity index (χ3v) is 28.2. The second-order valence-electron chi connectivity index (χ2n) is 36.3. The second-order valence-corrected chi connectivity index (χ2v) is 39.4. The summed E-state index contributed by atoms with van der Waals surface area (Å²) in [5.74, 6) is 0. The van der Waals surface area contributed by atoms with Crippen LogP contribution in [0.2, 0.25) is 0 Å². The Bertz CT molecular complexity index is 8170. The molecular formula is C112H92N4OS3. The molecular weight excluding hydrogens is 1510 g/mol. The predicted octanol–water partition coefficient (Wildman–Crippen LogP) is 33.3. The van der Waals surface area contributed by atoms with Gasteiger partial charge in [-0.15, -0.1) is 34.0 Å². The fourth-order valence-electron chi connectivity index (χ4n) is 18.7. The third-order valence-electron chi connectivity index (χ3n) is 24.5. The third kappa shape index (κ3) is 12.3. The van der Waals surface area contributed by atoms with Gasteiger partial charge in [0.25, 0.3) is 0 Å². The van der Waals surface area contributed by atoms with Crippen molar-refractivity contribution in [1.29, 1.82) is 0 Å². The Labute approximate surface area is 710 Å². The van der Waals surface area contributed by atoms with E-state index >= 15 is 0 Å². The highest BCUT2D eigenvalue weighted by molar-refractivity contribution is 7.27. The van der Waals surface area contributed by atoms with Gasteiger partial charge in [-0.25, -0.2) is 0 Å². The minimum atomic E-state index is 0.0428. The van der Waals surface area contributed by atoms with Crippen molar-refractivity contribution in [2.24, 2.45) is 0 Å². The van der Waals surface area contributed by atoms with E-state index in [0.29, 0.717) is 0 Å². The fourth-order valence-corrected chi connectivity index (χ4v) is 22.7. The van der Waals surface area contributed by atoms with Crippen LogP contribution in [-0.4, -0.2) is 18.3 Å². The molecule has 0 amide bonds. The van der Waals surface area contributed by atoms with Gasteiger partial charge >= 0.3 is 0 Å². The number of hydrogen-bond acceptors (Lipinski definition) is 4. The lowest BCUT2D eigenvalue weighted by Crippen LogP contribution is -2.11. The zero-order chi connectivity index (χ0) is 81.8. The van der Waals surface area contributed by atoms with Gasteiger partial charge < -0.3 is 22.7 Å². The maximum atomic E-state index is 6.41. The summed E-state index contributed by atoms with van der Waals surface area (Å²) in [5, 5.41) is 21.0. The summed E-state index contributed by atoms with van der Waals surface area (Å²) in [6.07, 6.45) is 0. The van der Waals surface area contributed by atoms with E-state index in [-0.39, 0.29) is 21.7 Å². The second kappa shape index (κ2) is 28.5. The Hall–Kier alpha value is -12.8. The first-order valence-electron chi connectivity index (χ1n) is 41.9. The van der Waals surface area contributed by atoms with Crippen molar-refractivity contribution >= 4 is 204 Å². The van der Waals surface area contributed by atoms with E-state index in [9.17, 15) is 0 Å². The van der Waals surface area contributed by atoms with E-state index in [0.717, 1.165) is 33.1 Å². The van der Waals surface area contributed by atoms with Crippen LogP contribution in [0.25, 0.3) is 192 Å². The monoisotopic (exact) mass is 1600 g/mol. The summed E-state index contributed by atoms with van der Waals surface area (Å²) in [6.45, 7) is 27.5. The van der Waals surface area contributed by atoms with Crippen LogP contribution >= 0.6 is 34.0 Å². The van der Waals surface area contributed by atoms with Gasteiger partial charge in [-0.1, -0.05) is 314 Å². The molecule has 0 fully saturated rings. The zero-order valence-electron chi connectivity index (χ0n) is 69.8. The summed E-state index contributed by atoms with van der Waals surface area (Å²) in [5.41, 5.74) is 22.8. The summed E-state index contributed by atoms with van der Waals surface area (Å²) < 4.78 is 24.4. The number of para-hydroxylation sites is 7. The highest BCUT2D eigenvalue weighted by Gasteiger charge is 2.29. The zero-order valence-corrected chi connectivity index (χ0v) is 72.2. The molecule has 8 heteroatoms. The maximum Gasteiger partial charge on any atom is 0.160 e. The van der Waals surface area contributed by atoms with Crippen molar-refractivity contribution in [3.05, 3.63) is 362 Å². The molecule has 0 saturated heterocycles. The molecule has 0 aliphatic heterocycles. The van der Waals surface area contributed by atoms with E-state index in [4.69, 9.17) is 4.42 Å². The fraction of sp³-hybridized carbons (Fsp3) is 0.143. The number of nitrogens with zero attached hydrogens (tertiary/aromatic N) is 4. The van der Waals surface area contributed by atoms with Gasteiger partial charge in [0.05, 0.1) is 58.2 Å². The highest BCUT2D eigenvalue weighted by Crippen LogP contribution is 2.51. The molecule has 0 bridgehead atoms. The molecule has 5 nitrogen and oxygen atoms in total. The highest BCUT2D eigenvalue weighted by atomic mass is 32.1. The largest absolute Gasteiger partial charge is 0.454 e. The lowest BCUT2D eigenvalue weighted by molar-refractivity contribution is 0.590. The lowest BCUT2D eigenvalue weighted by atomic mass is 9.83. The number of furan rings is 1. The van der Waals surface area contributed by atoms with Gasteiger partial charge in [0.2, 0.25) is 0 Å². The molecule has 0 aliphatic rings. The van der Waals surface area contributed by atoms with Crippen LogP contribution in [0.4, 0.5) is 0 Å². The van der Waals surface area contributed by atoms with Gasteiger partial charge in [-0.3, -0.25) is 0 Å². The number of hydrogen-bond donors (Lipinski definition) is 0. The molecule has 16 aromatic carbocycles. The van der Waals surface area contributed by atoms with Crippen LogP contribution in [-0.2, 0) is 21.7 Å². The van der Waals surface area contributed by atoms with Gasteiger partial charge in [0.1, 0.15) is 5.58 Å². The van der Waals surface area contributed by atoms with Crippen molar-refractivity contribution in [3.8, 4) is 22.7 Å².